The number of imidazole rings is 1. The lowest BCUT2D eigenvalue weighted by Crippen LogP contribution is -2.69. The molecule has 0 bridgehead atoms. The Balaban J connectivity index is 1.61. The number of aromatic amines is 2. The minimum atomic E-state index is -0.502. The van der Waals surface area contributed by atoms with Crippen molar-refractivity contribution in [1.82, 2.24) is 34.9 Å². The molecule has 1 fully saturated rings. The summed E-state index contributed by atoms with van der Waals surface area (Å²) in [4.78, 5) is 45.5. The Hall–Kier alpha value is -3.97. The molecule has 186 valence electrons. The maximum absolute atomic E-state index is 13.4. The van der Waals surface area contributed by atoms with Crippen molar-refractivity contribution in [2.75, 3.05) is 18.1 Å². The first-order chi connectivity index (χ1) is 17.3. The van der Waals surface area contributed by atoms with Gasteiger partial charge in [0, 0.05) is 12.1 Å². The van der Waals surface area contributed by atoms with Gasteiger partial charge in [0.25, 0.3) is 0 Å². The summed E-state index contributed by atoms with van der Waals surface area (Å²) in [5.41, 5.74) is 3.76. The normalized spacial score (nSPS) is 20.0. The zero-order valence-electron chi connectivity index (χ0n) is 21.0. The molecule has 3 N–H and O–H groups in total. The quantitative estimate of drug-likeness (QED) is 0.367. The molecule has 0 aliphatic carbocycles. The van der Waals surface area contributed by atoms with Gasteiger partial charge in [-0.25, -0.2) is 19.7 Å². The van der Waals surface area contributed by atoms with Crippen LogP contribution in [0, 0.1) is 25.7 Å². The van der Waals surface area contributed by atoms with Crippen LogP contribution in [0.1, 0.15) is 43.6 Å². The van der Waals surface area contributed by atoms with Crippen LogP contribution in [0.15, 0.2) is 34.1 Å². The fourth-order valence-electron chi connectivity index (χ4n) is 5.13. The van der Waals surface area contributed by atoms with Gasteiger partial charge < -0.3 is 9.99 Å². The first-order valence-corrected chi connectivity index (χ1v) is 12.1. The van der Waals surface area contributed by atoms with E-state index in [-0.39, 0.29) is 17.2 Å². The van der Waals surface area contributed by atoms with Crippen molar-refractivity contribution >= 4 is 22.2 Å². The number of hydrogen-bond donors (Lipinski definition) is 3. The van der Waals surface area contributed by atoms with Crippen molar-refractivity contribution in [3.8, 4) is 11.8 Å². The highest BCUT2D eigenvalue weighted by molar-refractivity contribution is 5.75. The smallest absolute Gasteiger partial charge is 0.339 e. The second-order valence-electron chi connectivity index (χ2n) is 9.58. The standard InChI is InChI=1S/C26H30N8O2/c1-5-6-11-29-26(4)10-7-12-33(34-24(35)22-23(28-15-27-22)32-25(34)36)21(26)14-18-8-9-19-20(13-18)31-17(3)16(2)30-19/h8-9,13,15,21,29H,7,10-12,14H2,1-4H3,(H,27,28)(H,32,36). The topological polar surface area (TPSA) is 125 Å². The summed E-state index contributed by atoms with van der Waals surface area (Å²) in [6, 6.07) is 5.88. The molecule has 5 rings (SSSR count). The zero-order chi connectivity index (χ0) is 25.4. The van der Waals surface area contributed by atoms with Gasteiger partial charge in [-0.3, -0.25) is 15.1 Å². The number of nitrogens with zero attached hydrogens (tertiary/aromatic N) is 5. The predicted molar refractivity (Wildman–Crippen MR) is 140 cm³/mol. The molecule has 0 spiro atoms. The second kappa shape index (κ2) is 9.24. The van der Waals surface area contributed by atoms with Gasteiger partial charge in [-0.05, 0) is 64.7 Å². The molecule has 1 aliphatic heterocycles. The fourth-order valence-corrected chi connectivity index (χ4v) is 5.13. The van der Waals surface area contributed by atoms with Crippen LogP contribution >= 0.6 is 0 Å². The van der Waals surface area contributed by atoms with E-state index in [1.807, 2.05) is 31.8 Å². The molecule has 4 aromatic rings. The van der Waals surface area contributed by atoms with E-state index >= 15 is 0 Å². The summed E-state index contributed by atoms with van der Waals surface area (Å²) in [7, 11) is 0. The van der Waals surface area contributed by atoms with E-state index in [2.05, 4.69) is 56.2 Å². The van der Waals surface area contributed by atoms with Gasteiger partial charge in [-0.15, -0.1) is 5.92 Å². The number of benzene rings is 1. The number of piperidine rings is 1. The SMILES string of the molecule is CC#CCNC1(C)CCCN(n2c(=O)[nH]c3nc[nH]c3c2=O)C1Cc1ccc2nc(C)c(C)nc2c1. The summed E-state index contributed by atoms with van der Waals surface area (Å²) in [6.07, 6.45) is 3.70. The van der Waals surface area contributed by atoms with Crippen LogP contribution in [-0.4, -0.2) is 54.3 Å². The van der Waals surface area contributed by atoms with Gasteiger partial charge in [-0.2, -0.15) is 4.68 Å². The van der Waals surface area contributed by atoms with Crippen LogP contribution in [0.2, 0.25) is 0 Å². The third kappa shape index (κ3) is 4.16. The molecule has 4 heterocycles. The highest BCUT2D eigenvalue weighted by Gasteiger charge is 2.42. The van der Waals surface area contributed by atoms with Crippen molar-refractivity contribution in [3.05, 3.63) is 62.3 Å². The number of aromatic nitrogens is 6. The molecule has 1 aromatic carbocycles. The summed E-state index contributed by atoms with van der Waals surface area (Å²) >= 11 is 0. The van der Waals surface area contributed by atoms with Crippen molar-refractivity contribution in [3.63, 3.8) is 0 Å². The van der Waals surface area contributed by atoms with Crippen LogP contribution in [0.4, 0.5) is 0 Å². The second-order valence-corrected chi connectivity index (χ2v) is 9.58. The molecule has 36 heavy (non-hydrogen) atoms. The maximum atomic E-state index is 13.4. The molecule has 3 aromatic heterocycles. The summed E-state index contributed by atoms with van der Waals surface area (Å²) < 4.78 is 1.23. The first-order valence-electron chi connectivity index (χ1n) is 12.1. The lowest BCUT2D eigenvalue weighted by atomic mass is 9.80. The summed E-state index contributed by atoms with van der Waals surface area (Å²) in [5.74, 6) is 6.03. The Kier molecular flexibility index (Phi) is 6.10. The molecular weight excluding hydrogens is 456 g/mol. The minimum absolute atomic E-state index is 0.207. The molecule has 10 heteroatoms. The number of aryl methyl sites for hydroxylation is 2. The van der Waals surface area contributed by atoms with Crippen molar-refractivity contribution in [2.45, 2.75) is 58.5 Å². The third-order valence-corrected chi connectivity index (χ3v) is 7.22. The van der Waals surface area contributed by atoms with Crippen molar-refractivity contribution < 1.29 is 0 Å². The van der Waals surface area contributed by atoms with Gasteiger partial charge in [0.05, 0.1) is 41.3 Å². The molecule has 10 nitrogen and oxygen atoms in total. The predicted octanol–water partition coefficient (Wildman–Crippen LogP) is 1.69. The summed E-state index contributed by atoms with van der Waals surface area (Å²) in [5, 5.41) is 5.50. The van der Waals surface area contributed by atoms with E-state index in [1.54, 1.807) is 0 Å². The van der Waals surface area contributed by atoms with Crippen molar-refractivity contribution in [2.24, 2.45) is 0 Å². The molecule has 0 amide bonds. The Morgan fingerprint density at radius 2 is 1.97 bits per heavy atom. The highest BCUT2D eigenvalue weighted by atomic mass is 16.2. The van der Waals surface area contributed by atoms with Gasteiger partial charge in [0.1, 0.15) is 0 Å². The Morgan fingerprint density at radius 3 is 2.75 bits per heavy atom. The molecule has 0 radical (unpaired) electrons. The minimum Gasteiger partial charge on any atom is -0.339 e. The monoisotopic (exact) mass is 486 g/mol. The maximum Gasteiger partial charge on any atom is 0.349 e. The molecule has 1 aliphatic rings. The molecule has 1 saturated heterocycles. The lowest BCUT2D eigenvalue weighted by molar-refractivity contribution is 0.199. The van der Waals surface area contributed by atoms with Gasteiger partial charge in [0.2, 0.25) is 0 Å². The van der Waals surface area contributed by atoms with Crippen LogP contribution in [0.5, 0.6) is 0 Å². The summed E-state index contributed by atoms with van der Waals surface area (Å²) in [6.45, 7) is 8.95. The van der Waals surface area contributed by atoms with Gasteiger partial charge >= 0.3 is 11.2 Å². The van der Waals surface area contributed by atoms with E-state index in [9.17, 15) is 9.59 Å². The van der Waals surface area contributed by atoms with E-state index < -0.39 is 16.8 Å². The van der Waals surface area contributed by atoms with E-state index in [4.69, 9.17) is 4.98 Å². The largest absolute Gasteiger partial charge is 0.349 e. The van der Waals surface area contributed by atoms with Gasteiger partial charge in [0.15, 0.2) is 11.2 Å². The van der Waals surface area contributed by atoms with Gasteiger partial charge in [-0.1, -0.05) is 12.0 Å². The van der Waals surface area contributed by atoms with Crippen LogP contribution in [0.25, 0.3) is 22.2 Å². The Labute approximate surface area is 208 Å². The Morgan fingerprint density at radius 1 is 1.19 bits per heavy atom. The first kappa shape index (κ1) is 23.8. The van der Waals surface area contributed by atoms with E-state index in [0.717, 1.165) is 40.8 Å². The van der Waals surface area contributed by atoms with Crippen LogP contribution in [0.3, 0.4) is 0 Å². The zero-order valence-corrected chi connectivity index (χ0v) is 21.0. The van der Waals surface area contributed by atoms with Crippen LogP contribution < -0.4 is 21.6 Å². The lowest BCUT2D eigenvalue weighted by Gasteiger charge is -2.49. The molecule has 0 saturated carbocycles. The highest BCUT2D eigenvalue weighted by Crippen LogP contribution is 2.29. The number of fused-ring (bicyclic) bond motifs is 2. The number of nitrogens with one attached hydrogen (secondary N) is 3. The Bertz CT molecular complexity index is 1620. The number of H-pyrrole nitrogens is 2. The molecule has 2 unspecified atom stereocenters. The molecular formula is C26H30N8O2. The van der Waals surface area contributed by atoms with Crippen molar-refractivity contribution in [1.29, 1.82) is 0 Å². The average molecular weight is 487 g/mol. The average Bonchev–Trinajstić information content (AvgIpc) is 3.31. The van der Waals surface area contributed by atoms with Crippen LogP contribution in [-0.2, 0) is 6.42 Å². The number of hydrogen-bond acceptors (Lipinski definition) is 7. The van der Waals surface area contributed by atoms with E-state index in [0.29, 0.717) is 19.5 Å². The number of rotatable bonds is 5. The third-order valence-electron chi connectivity index (χ3n) is 7.22. The van der Waals surface area contributed by atoms with E-state index in [1.165, 1.54) is 11.0 Å². The fraction of sp³-hybridized carbons (Fsp3) is 0.423. The molecule has 2 atom stereocenters.